The zero-order chi connectivity index (χ0) is 18.1. The fourth-order valence-corrected chi connectivity index (χ4v) is 3.71. The monoisotopic (exact) mass is 356 g/mol. The summed E-state index contributed by atoms with van der Waals surface area (Å²) in [5.41, 5.74) is 3.26. The van der Waals surface area contributed by atoms with E-state index >= 15 is 0 Å². The van der Waals surface area contributed by atoms with Gasteiger partial charge in [-0.3, -0.25) is 4.79 Å². The Kier molecular flexibility index (Phi) is 4.74. The molecule has 4 rings (SSSR count). The molecule has 2 aliphatic rings. The zero-order valence-electron chi connectivity index (χ0n) is 15.2. The second-order valence-corrected chi connectivity index (χ2v) is 7.01. The van der Waals surface area contributed by atoms with E-state index in [1.165, 1.54) is 0 Å². The molecule has 0 aliphatic carbocycles. The third-order valence-electron chi connectivity index (χ3n) is 5.20. The number of hydrogen-bond donors (Lipinski definition) is 0. The Bertz CT molecular complexity index is 790. The van der Waals surface area contributed by atoms with Crippen LogP contribution in [0.5, 0.6) is 0 Å². The smallest absolute Gasteiger partial charge is 0.276 e. The van der Waals surface area contributed by atoms with E-state index in [9.17, 15) is 4.79 Å². The Morgan fingerprint density at radius 3 is 2.58 bits per heavy atom. The molecule has 0 radical (unpaired) electrons. The summed E-state index contributed by atoms with van der Waals surface area (Å²) in [5.74, 6) is 0.318. The van der Waals surface area contributed by atoms with Gasteiger partial charge in [0.25, 0.3) is 5.91 Å². The summed E-state index contributed by atoms with van der Waals surface area (Å²) in [7, 11) is 0. The SMILES string of the molecule is Cc1cccc(-n2nnc(C(=O)N3CCC(C4OCCO4)CC3)c2C)c1. The lowest BCUT2D eigenvalue weighted by Gasteiger charge is -2.33. The summed E-state index contributed by atoms with van der Waals surface area (Å²) in [6.07, 6.45) is 1.68. The molecule has 26 heavy (non-hydrogen) atoms. The molecule has 0 atom stereocenters. The van der Waals surface area contributed by atoms with Crippen LogP contribution in [0.1, 0.15) is 34.6 Å². The molecule has 3 heterocycles. The maximum absolute atomic E-state index is 12.9. The third-order valence-corrected chi connectivity index (χ3v) is 5.20. The van der Waals surface area contributed by atoms with E-state index in [1.807, 2.05) is 43.0 Å². The lowest BCUT2D eigenvalue weighted by atomic mass is 9.96. The first-order valence-corrected chi connectivity index (χ1v) is 9.15. The van der Waals surface area contributed by atoms with E-state index in [1.54, 1.807) is 4.68 Å². The molecule has 2 aromatic rings. The van der Waals surface area contributed by atoms with Gasteiger partial charge < -0.3 is 14.4 Å². The minimum absolute atomic E-state index is 0.0480. The Labute approximate surface area is 152 Å². The number of aromatic nitrogens is 3. The highest BCUT2D eigenvalue weighted by Gasteiger charge is 2.33. The van der Waals surface area contributed by atoms with E-state index in [4.69, 9.17) is 9.47 Å². The van der Waals surface area contributed by atoms with Crippen LogP contribution in [0, 0.1) is 19.8 Å². The van der Waals surface area contributed by atoms with Crippen molar-refractivity contribution in [3.8, 4) is 5.69 Å². The van der Waals surface area contributed by atoms with Gasteiger partial charge in [-0.2, -0.15) is 0 Å². The molecule has 0 bridgehead atoms. The molecule has 0 spiro atoms. The summed E-state index contributed by atoms with van der Waals surface area (Å²) in [6.45, 7) is 6.66. The number of rotatable bonds is 3. The highest BCUT2D eigenvalue weighted by atomic mass is 16.7. The number of ether oxygens (including phenoxy) is 2. The van der Waals surface area contributed by atoms with Crippen molar-refractivity contribution in [3.05, 3.63) is 41.2 Å². The second-order valence-electron chi connectivity index (χ2n) is 7.01. The molecule has 0 N–H and O–H groups in total. The molecule has 1 aromatic heterocycles. The number of benzene rings is 1. The number of amides is 1. The van der Waals surface area contributed by atoms with Crippen molar-refractivity contribution in [2.24, 2.45) is 5.92 Å². The van der Waals surface area contributed by atoms with Crippen molar-refractivity contribution in [3.63, 3.8) is 0 Å². The number of piperidine rings is 1. The maximum atomic E-state index is 12.9. The average molecular weight is 356 g/mol. The van der Waals surface area contributed by atoms with Crippen molar-refractivity contribution in [2.45, 2.75) is 33.0 Å². The molecule has 1 aromatic carbocycles. The van der Waals surface area contributed by atoms with Gasteiger partial charge in [0, 0.05) is 19.0 Å². The van der Waals surface area contributed by atoms with Gasteiger partial charge in [-0.15, -0.1) is 5.10 Å². The largest absolute Gasteiger partial charge is 0.350 e. The Hall–Kier alpha value is -2.25. The maximum Gasteiger partial charge on any atom is 0.276 e. The molecule has 0 saturated carbocycles. The van der Waals surface area contributed by atoms with E-state index in [0.29, 0.717) is 37.9 Å². The molecule has 2 aliphatic heterocycles. The first-order chi connectivity index (χ1) is 12.6. The van der Waals surface area contributed by atoms with Crippen LogP contribution in [0.2, 0.25) is 0 Å². The lowest BCUT2D eigenvalue weighted by molar-refractivity contribution is -0.0956. The molecule has 2 fully saturated rings. The number of nitrogens with zero attached hydrogens (tertiary/aromatic N) is 4. The first-order valence-electron chi connectivity index (χ1n) is 9.15. The van der Waals surface area contributed by atoms with Crippen molar-refractivity contribution in [2.75, 3.05) is 26.3 Å². The molecular weight excluding hydrogens is 332 g/mol. The fourth-order valence-electron chi connectivity index (χ4n) is 3.71. The van der Waals surface area contributed by atoms with Gasteiger partial charge in [0.05, 0.1) is 24.6 Å². The predicted molar refractivity (Wildman–Crippen MR) is 95.2 cm³/mol. The number of aryl methyl sites for hydroxylation is 1. The van der Waals surface area contributed by atoms with E-state index in [0.717, 1.165) is 29.8 Å². The van der Waals surface area contributed by atoms with Crippen LogP contribution >= 0.6 is 0 Å². The number of hydrogen-bond acceptors (Lipinski definition) is 5. The van der Waals surface area contributed by atoms with Gasteiger partial charge in [0.15, 0.2) is 12.0 Å². The van der Waals surface area contributed by atoms with Gasteiger partial charge in [0.2, 0.25) is 0 Å². The summed E-state index contributed by atoms with van der Waals surface area (Å²) >= 11 is 0. The van der Waals surface area contributed by atoms with Gasteiger partial charge in [-0.05, 0) is 44.4 Å². The van der Waals surface area contributed by atoms with Crippen molar-refractivity contribution in [1.82, 2.24) is 19.9 Å². The fraction of sp³-hybridized carbons (Fsp3) is 0.526. The van der Waals surface area contributed by atoms with Crippen LogP contribution in [0.15, 0.2) is 24.3 Å². The van der Waals surface area contributed by atoms with Crippen LogP contribution < -0.4 is 0 Å². The molecule has 0 unspecified atom stereocenters. The molecule has 7 nitrogen and oxygen atoms in total. The minimum atomic E-state index is -0.101. The summed E-state index contributed by atoms with van der Waals surface area (Å²) in [6, 6.07) is 8.01. The Morgan fingerprint density at radius 1 is 1.15 bits per heavy atom. The third kappa shape index (κ3) is 3.24. The quantitative estimate of drug-likeness (QED) is 0.842. The Morgan fingerprint density at radius 2 is 1.88 bits per heavy atom. The first kappa shape index (κ1) is 17.2. The van der Waals surface area contributed by atoms with Gasteiger partial charge >= 0.3 is 0 Å². The van der Waals surface area contributed by atoms with Crippen molar-refractivity contribution >= 4 is 5.91 Å². The summed E-state index contributed by atoms with van der Waals surface area (Å²) in [4.78, 5) is 14.8. The zero-order valence-corrected chi connectivity index (χ0v) is 15.2. The van der Waals surface area contributed by atoms with Gasteiger partial charge in [0.1, 0.15) is 0 Å². The minimum Gasteiger partial charge on any atom is -0.350 e. The normalized spacial score (nSPS) is 19.2. The van der Waals surface area contributed by atoms with E-state index in [-0.39, 0.29) is 12.2 Å². The van der Waals surface area contributed by atoms with Crippen LogP contribution in [0.4, 0.5) is 0 Å². The molecule has 2 saturated heterocycles. The second kappa shape index (κ2) is 7.17. The average Bonchev–Trinajstić information content (AvgIpc) is 3.31. The highest BCUT2D eigenvalue weighted by molar-refractivity contribution is 5.93. The van der Waals surface area contributed by atoms with Crippen LogP contribution in [-0.2, 0) is 9.47 Å². The highest BCUT2D eigenvalue weighted by Crippen LogP contribution is 2.26. The van der Waals surface area contributed by atoms with Crippen molar-refractivity contribution in [1.29, 1.82) is 0 Å². The van der Waals surface area contributed by atoms with Crippen LogP contribution in [0.3, 0.4) is 0 Å². The van der Waals surface area contributed by atoms with Crippen LogP contribution in [0.25, 0.3) is 5.69 Å². The molecule has 138 valence electrons. The molecule has 7 heteroatoms. The Balaban J connectivity index is 1.46. The molecular formula is C19H24N4O3. The molecule has 1 amide bonds. The predicted octanol–water partition coefficient (Wildman–Crippen LogP) is 2.11. The summed E-state index contributed by atoms with van der Waals surface area (Å²) < 4.78 is 12.9. The van der Waals surface area contributed by atoms with Crippen LogP contribution in [-0.4, -0.2) is 58.4 Å². The lowest BCUT2D eigenvalue weighted by Crippen LogP contribution is -2.41. The van der Waals surface area contributed by atoms with E-state index in [2.05, 4.69) is 10.3 Å². The van der Waals surface area contributed by atoms with E-state index < -0.39 is 0 Å². The topological polar surface area (TPSA) is 69.5 Å². The summed E-state index contributed by atoms with van der Waals surface area (Å²) in [5, 5.41) is 8.37. The number of carbonyl (C=O) groups excluding carboxylic acids is 1. The van der Waals surface area contributed by atoms with Gasteiger partial charge in [-0.1, -0.05) is 17.3 Å². The standard InChI is InChI=1S/C19H24N4O3/c1-13-4-3-5-16(12-13)23-14(2)17(20-21-23)18(24)22-8-6-15(7-9-22)19-25-10-11-26-19/h3-5,12,15,19H,6-11H2,1-2H3. The van der Waals surface area contributed by atoms with Gasteiger partial charge in [-0.25, -0.2) is 4.68 Å². The number of carbonyl (C=O) groups is 1. The number of likely N-dealkylation sites (tertiary alicyclic amines) is 1. The van der Waals surface area contributed by atoms with Crippen molar-refractivity contribution < 1.29 is 14.3 Å².